The molecular formula is C11H21F3. The first-order valence-electron chi connectivity index (χ1n) is 5.07. The molecule has 0 saturated heterocycles. The Hall–Kier alpha value is -0.210. The average Bonchev–Trinajstić information content (AvgIpc) is 2.03. The van der Waals surface area contributed by atoms with Gasteiger partial charge in [-0.15, -0.1) is 0 Å². The zero-order valence-corrected chi connectivity index (χ0v) is 9.92. The Bertz CT molecular complexity index is 193. The maximum absolute atomic E-state index is 13.9. The van der Waals surface area contributed by atoms with Gasteiger partial charge in [-0.2, -0.15) is 0 Å². The average molecular weight is 210 g/mol. The van der Waals surface area contributed by atoms with E-state index in [0.29, 0.717) is 0 Å². The summed E-state index contributed by atoms with van der Waals surface area (Å²) in [6.07, 6.45) is 0.256. The molecule has 86 valence electrons. The molecule has 0 aliphatic heterocycles. The lowest BCUT2D eigenvalue weighted by molar-refractivity contribution is -0.216. The smallest absolute Gasteiger partial charge is 0.237 e. The highest BCUT2D eigenvalue weighted by Crippen LogP contribution is 2.50. The third kappa shape index (κ3) is 1.91. The first kappa shape index (κ1) is 13.8. The Morgan fingerprint density at radius 2 is 1.36 bits per heavy atom. The summed E-state index contributed by atoms with van der Waals surface area (Å²) in [4.78, 5) is 0. The number of rotatable bonds is 4. The SMILES string of the molecule is CCC(C)(C)C(F)(F)C(C)(F)C(C)C. The minimum atomic E-state index is -3.30. The number of hydrogen-bond donors (Lipinski definition) is 0. The zero-order valence-electron chi connectivity index (χ0n) is 9.92. The van der Waals surface area contributed by atoms with Crippen molar-refractivity contribution in [2.24, 2.45) is 11.3 Å². The lowest BCUT2D eigenvalue weighted by atomic mass is 9.72. The summed E-state index contributed by atoms with van der Waals surface area (Å²) in [5.41, 5.74) is -3.76. The van der Waals surface area contributed by atoms with Gasteiger partial charge in [0.1, 0.15) is 0 Å². The highest BCUT2D eigenvalue weighted by molar-refractivity contribution is 5.00. The molecule has 0 aliphatic rings. The third-order valence-corrected chi connectivity index (χ3v) is 3.43. The van der Waals surface area contributed by atoms with E-state index in [9.17, 15) is 13.2 Å². The molecule has 0 aromatic rings. The van der Waals surface area contributed by atoms with Crippen LogP contribution in [0.2, 0.25) is 0 Å². The van der Waals surface area contributed by atoms with Gasteiger partial charge in [0.2, 0.25) is 0 Å². The van der Waals surface area contributed by atoms with Crippen LogP contribution in [0.15, 0.2) is 0 Å². The van der Waals surface area contributed by atoms with Gasteiger partial charge in [0, 0.05) is 5.41 Å². The quantitative estimate of drug-likeness (QED) is 0.643. The van der Waals surface area contributed by atoms with Crippen molar-refractivity contribution < 1.29 is 13.2 Å². The van der Waals surface area contributed by atoms with Crippen LogP contribution >= 0.6 is 0 Å². The second kappa shape index (κ2) is 3.74. The van der Waals surface area contributed by atoms with Crippen molar-refractivity contribution in [3.63, 3.8) is 0 Å². The summed E-state index contributed by atoms with van der Waals surface area (Å²) >= 11 is 0. The van der Waals surface area contributed by atoms with E-state index in [1.54, 1.807) is 6.92 Å². The molecule has 0 N–H and O–H groups in total. The van der Waals surface area contributed by atoms with Gasteiger partial charge in [-0.05, 0) is 19.3 Å². The molecule has 0 radical (unpaired) electrons. The summed E-state index contributed by atoms with van der Waals surface area (Å²) in [6.45, 7) is 8.44. The van der Waals surface area contributed by atoms with Gasteiger partial charge in [-0.3, -0.25) is 0 Å². The van der Waals surface area contributed by atoms with Crippen molar-refractivity contribution in [1.82, 2.24) is 0 Å². The maximum atomic E-state index is 13.9. The molecule has 0 spiro atoms. The predicted molar refractivity (Wildman–Crippen MR) is 53.4 cm³/mol. The molecule has 0 saturated carbocycles. The molecule has 14 heavy (non-hydrogen) atoms. The van der Waals surface area contributed by atoms with Gasteiger partial charge in [-0.1, -0.05) is 34.6 Å². The second-order valence-corrected chi connectivity index (χ2v) is 5.04. The fraction of sp³-hybridized carbons (Fsp3) is 1.00. The highest BCUT2D eigenvalue weighted by Gasteiger charge is 2.60. The maximum Gasteiger partial charge on any atom is 0.286 e. The topological polar surface area (TPSA) is 0 Å². The van der Waals surface area contributed by atoms with Gasteiger partial charge in [0.25, 0.3) is 5.92 Å². The molecule has 0 rings (SSSR count). The first-order chi connectivity index (χ1) is 6.00. The van der Waals surface area contributed by atoms with Gasteiger partial charge in [0.15, 0.2) is 5.67 Å². The van der Waals surface area contributed by atoms with Crippen molar-refractivity contribution in [3.8, 4) is 0 Å². The van der Waals surface area contributed by atoms with E-state index in [2.05, 4.69) is 0 Å². The standard InChI is InChI=1S/C11H21F3/c1-7-9(4,5)11(13,14)10(6,12)8(2)3/h8H,7H2,1-6H3. The van der Waals surface area contributed by atoms with Crippen LogP contribution in [0.1, 0.15) is 48.0 Å². The Morgan fingerprint density at radius 3 is 1.57 bits per heavy atom. The molecule has 0 heterocycles. The Balaban J connectivity index is 5.14. The van der Waals surface area contributed by atoms with Crippen LogP contribution < -0.4 is 0 Å². The Kier molecular flexibility index (Phi) is 3.69. The van der Waals surface area contributed by atoms with Crippen LogP contribution in [0.4, 0.5) is 13.2 Å². The molecule has 0 aromatic heterocycles. The van der Waals surface area contributed by atoms with Crippen molar-refractivity contribution in [1.29, 1.82) is 0 Å². The molecule has 0 amide bonds. The van der Waals surface area contributed by atoms with Crippen LogP contribution in [0, 0.1) is 11.3 Å². The van der Waals surface area contributed by atoms with Gasteiger partial charge in [-0.25, -0.2) is 13.2 Å². The number of hydrogen-bond acceptors (Lipinski definition) is 0. The van der Waals surface area contributed by atoms with Crippen molar-refractivity contribution >= 4 is 0 Å². The minimum Gasteiger partial charge on any atom is -0.237 e. The summed E-state index contributed by atoms with van der Waals surface area (Å²) in [5, 5.41) is 0. The molecule has 1 unspecified atom stereocenters. The van der Waals surface area contributed by atoms with Gasteiger partial charge in [0.05, 0.1) is 0 Å². The molecule has 1 atom stereocenters. The van der Waals surface area contributed by atoms with Crippen LogP contribution in [-0.4, -0.2) is 11.6 Å². The van der Waals surface area contributed by atoms with Crippen LogP contribution in [0.25, 0.3) is 0 Å². The highest BCUT2D eigenvalue weighted by atomic mass is 19.3. The summed E-state index contributed by atoms with van der Waals surface area (Å²) in [5.74, 6) is -3.99. The Labute approximate surface area is 84.9 Å². The van der Waals surface area contributed by atoms with Crippen LogP contribution in [0.5, 0.6) is 0 Å². The largest absolute Gasteiger partial charge is 0.286 e. The molecule has 3 heteroatoms. The summed E-state index contributed by atoms with van der Waals surface area (Å²) in [7, 11) is 0. The monoisotopic (exact) mass is 210 g/mol. The molecule has 0 aliphatic carbocycles. The van der Waals surface area contributed by atoms with E-state index in [4.69, 9.17) is 0 Å². The van der Waals surface area contributed by atoms with Gasteiger partial charge < -0.3 is 0 Å². The fourth-order valence-corrected chi connectivity index (χ4v) is 1.25. The lowest BCUT2D eigenvalue weighted by Gasteiger charge is -2.43. The van der Waals surface area contributed by atoms with Crippen molar-refractivity contribution in [2.45, 2.75) is 59.6 Å². The number of halogens is 3. The third-order valence-electron chi connectivity index (χ3n) is 3.43. The first-order valence-corrected chi connectivity index (χ1v) is 5.07. The second-order valence-electron chi connectivity index (χ2n) is 5.04. The van der Waals surface area contributed by atoms with Crippen LogP contribution in [0.3, 0.4) is 0 Å². The lowest BCUT2D eigenvalue weighted by Crippen LogP contribution is -2.54. The van der Waals surface area contributed by atoms with E-state index in [1.165, 1.54) is 27.7 Å². The van der Waals surface area contributed by atoms with E-state index >= 15 is 0 Å². The predicted octanol–water partition coefficient (Wildman–Crippen LogP) is 4.44. The molecular weight excluding hydrogens is 189 g/mol. The number of alkyl halides is 3. The van der Waals surface area contributed by atoms with Crippen molar-refractivity contribution in [3.05, 3.63) is 0 Å². The minimum absolute atomic E-state index is 0.256. The van der Waals surface area contributed by atoms with Crippen molar-refractivity contribution in [2.75, 3.05) is 0 Å². The molecule has 0 bridgehead atoms. The fourth-order valence-electron chi connectivity index (χ4n) is 1.25. The molecule has 0 aromatic carbocycles. The van der Waals surface area contributed by atoms with Crippen LogP contribution in [-0.2, 0) is 0 Å². The zero-order chi connectivity index (χ0) is 11.8. The van der Waals surface area contributed by atoms with E-state index in [-0.39, 0.29) is 6.42 Å². The van der Waals surface area contributed by atoms with E-state index < -0.39 is 22.9 Å². The summed E-state index contributed by atoms with van der Waals surface area (Å²) in [6, 6.07) is 0. The van der Waals surface area contributed by atoms with E-state index in [0.717, 1.165) is 6.92 Å². The molecule has 0 nitrogen and oxygen atoms in total. The Morgan fingerprint density at radius 1 is 1.00 bits per heavy atom. The van der Waals surface area contributed by atoms with Gasteiger partial charge >= 0.3 is 0 Å². The molecule has 0 fully saturated rings. The normalized spacial score (nSPS) is 18.4. The summed E-state index contributed by atoms with van der Waals surface area (Å²) < 4.78 is 41.6. The van der Waals surface area contributed by atoms with E-state index in [1.807, 2.05) is 0 Å².